The summed E-state index contributed by atoms with van der Waals surface area (Å²) in [6.45, 7) is 2.54. The Kier molecular flexibility index (Phi) is 4.93. The predicted molar refractivity (Wildman–Crippen MR) is 91.3 cm³/mol. The van der Waals surface area contributed by atoms with Gasteiger partial charge in [-0.1, -0.05) is 24.3 Å². The predicted octanol–water partition coefficient (Wildman–Crippen LogP) is 3.03. The zero-order chi connectivity index (χ0) is 16.1. The van der Waals surface area contributed by atoms with Crippen molar-refractivity contribution in [3.63, 3.8) is 0 Å². The van der Waals surface area contributed by atoms with Gasteiger partial charge in [0.05, 0.1) is 6.61 Å². The van der Waals surface area contributed by atoms with Crippen molar-refractivity contribution in [3.8, 4) is 0 Å². The lowest BCUT2D eigenvalue weighted by Gasteiger charge is -2.15. The summed E-state index contributed by atoms with van der Waals surface area (Å²) in [5, 5.41) is 12.4. The van der Waals surface area contributed by atoms with Gasteiger partial charge in [0.15, 0.2) is 0 Å². The molecular weight excluding hydrogens is 288 g/mol. The zero-order valence-corrected chi connectivity index (χ0v) is 13.2. The normalized spacial score (nSPS) is 14.0. The molecule has 0 atom stereocenters. The third-order valence-electron chi connectivity index (χ3n) is 4.23. The van der Waals surface area contributed by atoms with Crippen LogP contribution < -0.4 is 5.32 Å². The van der Waals surface area contributed by atoms with Crippen molar-refractivity contribution in [1.82, 2.24) is 4.90 Å². The molecule has 1 aliphatic rings. The maximum absolute atomic E-state index is 12.3. The van der Waals surface area contributed by atoms with E-state index in [0.717, 1.165) is 48.3 Å². The molecule has 4 heteroatoms. The van der Waals surface area contributed by atoms with E-state index in [2.05, 4.69) is 5.32 Å². The topological polar surface area (TPSA) is 52.6 Å². The van der Waals surface area contributed by atoms with E-state index in [9.17, 15) is 4.79 Å². The number of rotatable bonds is 5. The fourth-order valence-corrected chi connectivity index (χ4v) is 2.80. The second-order valence-corrected chi connectivity index (χ2v) is 5.90. The van der Waals surface area contributed by atoms with Gasteiger partial charge in [-0.15, -0.1) is 0 Å². The Labute approximate surface area is 136 Å². The van der Waals surface area contributed by atoms with Crippen molar-refractivity contribution in [2.75, 3.05) is 18.4 Å². The molecule has 4 nitrogen and oxygen atoms in total. The van der Waals surface area contributed by atoms with Gasteiger partial charge in [0.1, 0.15) is 0 Å². The molecule has 1 fully saturated rings. The molecule has 3 rings (SSSR count). The van der Waals surface area contributed by atoms with Gasteiger partial charge >= 0.3 is 0 Å². The minimum absolute atomic E-state index is 0.0697. The number of carbonyl (C=O) groups is 1. The Hall–Kier alpha value is -2.33. The second-order valence-electron chi connectivity index (χ2n) is 5.90. The quantitative estimate of drug-likeness (QED) is 0.892. The van der Waals surface area contributed by atoms with E-state index >= 15 is 0 Å². The number of likely N-dealkylation sites (tertiary alicyclic amines) is 1. The Morgan fingerprint density at radius 2 is 1.57 bits per heavy atom. The molecule has 1 amide bonds. The molecule has 0 saturated carbocycles. The minimum atomic E-state index is 0.0697. The van der Waals surface area contributed by atoms with Gasteiger partial charge in [-0.25, -0.2) is 0 Å². The van der Waals surface area contributed by atoms with Crippen molar-refractivity contribution in [2.45, 2.75) is 26.0 Å². The first-order chi connectivity index (χ1) is 11.3. The lowest BCUT2D eigenvalue weighted by Crippen LogP contribution is -2.27. The fourth-order valence-electron chi connectivity index (χ4n) is 2.80. The molecule has 2 N–H and O–H groups in total. The number of aliphatic hydroxyl groups excluding tert-OH is 1. The highest BCUT2D eigenvalue weighted by atomic mass is 16.3. The van der Waals surface area contributed by atoms with Gasteiger partial charge in [0, 0.05) is 30.9 Å². The number of amides is 1. The number of aliphatic hydroxyl groups is 1. The number of hydrogen-bond acceptors (Lipinski definition) is 3. The summed E-state index contributed by atoms with van der Waals surface area (Å²) >= 11 is 0. The third-order valence-corrected chi connectivity index (χ3v) is 4.23. The summed E-state index contributed by atoms with van der Waals surface area (Å²) in [5.41, 5.74) is 3.82. The van der Waals surface area contributed by atoms with Crippen molar-refractivity contribution in [2.24, 2.45) is 0 Å². The van der Waals surface area contributed by atoms with Crippen LogP contribution in [-0.4, -0.2) is 29.0 Å². The molecule has 2 aromatic carbocycles. The molecule has 0 radical (unpaired) electrons. The number of hydrogen-bond donors (Lipinski definition) is 2. The first-order valence-corrected chi connectivity index (χ1v) is 8.08. The molecule has 1 heterocycles. The average molecular weight is 310 g/mol. The molecule has 120 valence electrons. The zero-order valence-electron chi connectivity index (χ0n) is 13.2. The van der Waals surface area contributed by atoms with Crippen LogP contribution in [0.5, 0.6) is 0 Å². The highest BCUT2D eigenvalue weighted by Gasteiger charge is 2.18. The molecule has 0 unspecified atom stereocenters. The van der Waals surface area contributed by atoms with E-state index in [4.69, 9.17) is 5.11 Å². The van der Waals surface area contributed by atoms with Crippen molar-refractivity contribution >= 4 is 11.6 Å². The van der Waals surface area contributed by atoms with E-state index in [1.54, 1.807) is 0 Å². The summed E-state index contributed by atoms with van der Waals surface area (Å²) in [4.78, 5) is 14.2. The monoisotopic (exact) mass is 310 g/mol. The van der Waals surface area contributed by atoms with Crippen LogP contribution >= 0.6 is 0 Å². The minimum Gasteiger partial charge on any atom is -0.392 e. The van der Waals surface area contributed by atoms with E-state index in [1.165, 1.54) is 0 Å². The largest absolute Gasteiger partial charge is 0.392 e. The highest BCUT2D eigenvalue weighted by molar-refractivity contribution is 5.94. The summed E-state index contributed by atoms with van der Waals surface area (Å²) in [5.74, 6) is 0.133. The third kappa shape index (κ3) is 3.90. The van der Waals surface area contributed by atoms with Gasteiger partial charge in [-0.05, 0) is 48.2 Å². The summed E-state index contributed by atoms with van der Waals surface area (Å²) in [6.07, 6.45) is 2.22. The maximum atomic E-state index is 12.3. The molecular formula is C19H22N2O2. The van der Waals surface area contributed by atoms with Gasteiger partial charge in [0.2, 0.25) is 0 Å². The van der Waals surface area contributed by atoms with Crippen molar-refractivity contribution < 1.29 is 9.90 Å². The lowest BCUT2D eigenvalue weighted by molar-refractivity contribution is 0.0793. The molecule has 23 heavy (non-hydrogen) atoms. The van der Waals surface area contributed by atoms with Gasteiger partial charge in [0.25, 0.3) is 5.91 Å². The standard InChI is InChI=1S/C19H22N2O2/c22-14-16-5-3-15(4-6-16)13-20-18-9-7-17(8-10-18)19(23)21-11-1-2-12-21/h3-10,20,22H,1-2,11-14H2. The van der Waals surface area contributed by atoms with E-state index in [1.807, 2.05) is 53.4 Å². The van der Waals surface area contributed by atoms with E-state index < -0.39 is 0 Å². The first kappa shape index (κ1) is 15.6. The number of carbonyl (C=O) groups excluding carboxylic acids is 1. The van der Waals surface area contributed by atoms with Crippen molar-refractivity contribution in [3.05, 3.63) is 65.2 Å². The number of nitrogens with zero attached hydrogens (tertiary/aromatic N) is 1. The van der Waals surface area contributed by atoms with Gasteiger partial charge in [-0.2, -0.15) is 0 Å². The Morgan fingerprint density at radius 3 is 2.17 bits per heavy atom. The molecule has 0 bridgehead atoms. The smallest absolute Gasteiger partial charge is 0.253 e. The van der Waals surface area contributed by atoms with Crippen LogP contribution in [0, 0.1) is 0 Å². The molecule has 1 aliphatic heterocycles. The van der Waals surface area contributed by atoms with E-state index in [0.29, 0.717) is 6.54 Å². The number of anilines is 1. The molecule has 0 aliphatic carbocycles. The SMILES string of the molecule is O=C(c1ccc(NCc2ccc(CO)cc2)cc1)N1CCCC1. The second kappa shape index (κ2) is 7.29. The van der Waals surface area contributed by atoms with Crippen LogP contribution in [-0.2, 0) is 13.2 Å². The molecule has 0 spiro atoms. The van der Waals surface area contributed by atoms with Crippen LogP contribution in [0.4, 0.5) is 5.69 Å². The number of nitrogens with one attached hydrogen (secondary N) is 1. The van der Waals surface area contributed by atoms with Crippen LogP contribution in [0.15, 0.2) is 48.5 Å². The fraction of sp³-hybridized carbons (Fsp3) is 0.316. The first-order valence-electron chi connectivity index (χ1n) is 8.08. The summed E-state index contributed by atoms with van der Waals surface area (Å²) in [7, 11) is 0. The van der Waals surface area contributed by atoms with Crippen LogP contribution in [0.3, 0.4) is 0 Å². The Balaban J connectivity index is 1.57. The van der Waals surface area contributed by atoms with Crippen LogP contribution in [0.25, 0.3) is 0 Å². The summed E-state index contributed by atoms with van der Waals surface area (Å²) < 4.78 is 0. The Bertz CT molecular complexity index is 644. The van der Waals surface area contributed by atoms with Crippen molar-refractivity contribution in [1.29, 1.82) is 0 Å². The maximum Gasteiger partial charge on any atom is 0.253 e. The lowest BCUT2D eigenvalue weighted by atomic mass is 10.1. The molecule has 1 saturated heterocycles. The number of benzene rings is 2. The van der Waals surface area contributed by atoms with E-state index in [-0.39, 0.29) is 12.5 Å². The molecule has 0 aromatic heterocycles. The summed E-state index contributed by atoms with van der Waals surface area (Å²) in [6, 6.07) is 15.5. The average Bonchev–Trinajstić information content (AvgIpc) is 3.15. The van der Waals surface area contributed by atoms with Crippen LogP contribution in [0.2, 0.25) is 0 Å². The van der Waals surface area contributed by atoms with Gasteiger partial charge < -0.3 is 15.3 Å². The highest BCUT2D eigenvalue weighted by Crippen LogP contribution is 2.16. The Morgan fingerprint density at radius 1 is 0.957 bits per heavy atom. The molecule has 2 aromatic rings. The van der Waals surface area contributed by atoms with Gasteiger partial charge in [-0.3, -0.25) is 4.79 Å². The van der Waals surface area contributed by atoms with Crippen LogP contribution in [0.1, 0.15) is 34.3 Å².